The number of nitrogens with zero attached hydrogens (tertiary/aromatic N) is 2. The maximum absolute atomic E-state index is 4.90. The summed E-state index contributed by atoms with van der Waals surface area (Å²) in [5.74, 6) is 2.70. The van der Waals surface area contributed by atoms with Crippen LogP contribution in [0.15, 0.2) is 12.1 Å². The number of hydrogen-bond acceptors (Lipinski definition) is 3. The van der Waals surface area contributed by atoms with Crippen LogP contribution >= 0.6 is 0 Å². The molecular weight excluding hydrogens is 258 g/mol. The van der Waals surface area contributed by atoms with E-state index in [0.29, 0.717) is 6.04 Å². The van der Waals surface area contributed by atoms with E-state index in [0.717, 1.165) is 44.3 Å². The Morgan fingerprint density at radius 2 is 1.90 bits per heavy atom. The topological polar surface area (TPSA) is 28.2 Å². The van der Waals surface area contributed by atoms with Crippen LogP contribution in [-0.4, -0.2) is 24.1 Å². The first kappa shape index (κ1) is 16.3. The molecule has 3 nitrogen and oxygen atoms in total. The van der Waals surface area contributed by atoms with Gasteiger partial charge in [-0.2, -0.15) is 0 Å². The van der Waals surface area contributed by atoms with Gasteiger partial charge in [-0.15, -0.1) is 0 Å². The predicted molar refractivity (Wildman–Crippen MR) is 90.7 cm³/mol. The van der Waals surface area contributed by atoms with E-state index in [1.807, 2.05) is 0 Å². The van der Waals surface area contributed by atoms with Crippen molar-refractivity contribution < 1.29 is 0 Å². The summed E-state index contributed by atoms with van der Waals surface area (Å²) in [5, 5.41) is 3.52. The minimum atomic E-state index is 0.517. The maximum Gasteiger partial charge on any atom is 0.129 e. The zero-order valence-corrected chi connectivity index (χ0v) is 14.3. The molecule has 0 radical (unpaired) electrons. The van der Waals surface area contributed by atoms with Gasteiger partial charge in [0.15, 0.2) is 0 Å². The number of pyridine rings is 1. The number of aryl methyl sites for hydroxylation is 1. The highest BCUT2D eigenvalue weighted by molar-refractivity contribution is 5.44. The summed E-state index contributed by atoms with van der Waals surface area (Å²) in [6.07, 6.45) is 2.22. The highest BCUT2D eigenvalue weighted by Gasteiger charge is 2.27. The van der Waals surface area contributed by atoms with E-state index in [1.54, 1.807) is 0 Å². The van der Waals surface area contributed by atoms with E-state index in [1.165, 1.54) is 17.1 Å². The van der Waals surface area contributed by atoms with Crippen molar-refractivity contribution in [3.05, 3.63) is 23.4 Å². The molecular formula is C18H31N3. The lowest BCUT2D eigenvalue weighted by Gasteiger charge is -2.20. The normalized spacial score (nSPS) is 22.3. The number of hydrogen-bond donors (Lipinski definition) is 1. The van der Waals surface area contributed by atoms with Crippen molar-refractivity contribution in [1.82, 2.24) is 10.3 Å². The van der Waals surface area contributed by atoms with Crippen LogP contribution in [0.25, 0.3) is 0 Å². The summed E-state index contributed by atoms with van der Waals surface area (Å²) >= 11 is 0. The van der Waals surface area contributed by atoms with Gasteiger partial charge in [0, 0.05) is 31.4 Å². The number of rotatable bonds is 6. The Balaban J connectivity index is 2.19. The van der Waals surface area contributed by atoms with E-state index in [4.69, 9.17) is 4.98 Å². The molecule has 2 atom stereocenters. The summed E-state index contributed by atoms with van der Waals surface area (Å²) in [4.78, 5) is 7.36. The molecule has 21 heavy (non-hydrogen) atoms. The summed E-state index contributed by atoms with van der Waals surface area (Å²) < 4.78 is 0. The molecule has 2 rings (SSSR count). The minimum Gasteiger partial charge on any atom is -0.356 e. The molecule has 0 amide bonds. The first-order valence-corrected chi connectivity index (χ1v) is 8.47. The van der Waals surface area contributed by atoms with Crippen molar-refractivity contribution in [3.8, 4) is 0 Å². The van der Waals surface area contributed by atoms with Crippen LogP contribution in [0.3, 0.4) is 0 Å². The molecule has 1 aliphatic rings. The summed E-state index contributed by atoms with van der Waals surface area (Å²) in [5.41, 5.74) is 2.60. The first-order valence-electron chi connectivity index (χ1n) is 8.47. The molecule has 1 aromatic heterocycles. The molecule has 1 aromatic rings. The smallest absolute Gasteiger partial charge is 0.129 e. The van der Waals surface area contributed by atoms with Crippen LogP contribution in [0.4, 0.5) is 5.82 Å². The molecule has 2 heterocycles. The summed E-state index contributed by atoms with van der Waals surface area (Å²) in [7, 11) is 0. The van der Waals surface area contributed by atoms with Gasteiger partial charge in [-0.3, -0.25) is 0 Å². The third-order valence-electron chi connectivity index (χ3n) is 4.46. The highest BCUT2D eigenvalue weighted by Crippen LogP contribution is 2.27. The second-order valence-corrected chi connectivity index (χ2v) is 6.97. The lowest BCUT2D eigenvalue weighted by Crippen LogP contribution is -2.24. The fourth-order valence-electron chi connectivity index (χ4n) is 2.92. The van der Waals surface area contributed by atoms with Gasteiger partial charge in [-0.25, -0.2) is 4.98 Å². The quantitative estimate of drug-likeness (QED) is 0.867. The van der Waals surface area contributed by atoms with E-state index in [9.17, 15) is 0 Å². The molecule has 1 fully saturated rings. The monoisotopic (exact) mass is 289 g/mol. The lowest BCUT2D eigenvalue weighted by molar-refractivity contribution is 0.494. The minimum absolute atomic E-state index is 0.517. The Labute approximate surface area is 130 Å². The zero-order chi connectivity index (χ0) is 15.4. The average molecular weight is 289 g/mol. The Bertz CT molecular complexity index is 446. The van der Waals surface area contributed by atoms with E-state index < -0.39 is 0 Å². The van der Waals surface area contributed by atoms with Crippen molar-refractivity contribution >= 4 is 5.82 Å². The second kappa shape index (κ2) is 7.26. The fraction of sp³-hybridized carbons (Fsp3) is 0.722. The van der Waals surface area contributed by atoms with Crippen molar-refractivity contribution in [2.75, 3.05) is 18.0 Å². The van der Waals surface area contributed by atoms with Gasteiger partial charge >= 0.3 is 0 Å². The van der Waals surface area contributed by atoms with Crippen LogP contribution in [-0.2, 0) is 13.0 Å². The van der Waals surface area contributed by atoms with Gasteiger partial charge in [0.25, 0.3) is 0 Å². The highest BCUT2D eigenvalue weighted by atomic mass is 15.2. The van der Waals surface area contributed by atoms with Gasteiger partial charge in [-0.05, 0) is 36.0 Å². The van der Waals surface area contributed by atoms with Crippen molar-refractivity contribution in [2.45, 2.75) is 60.0 Å². The van der Waals surface area contributed by atoms with Crippen molar-refractivity contribution in [3.63, 3.8) is 0 Å². The molecule has 0 aromatic carbocycles. The van der Waals surface area contributed by atoms with E-state index in [-0.39, 0.29) is 0 Å². The molecule has 0 aliphatic carbocycles. The number of nitrogens with one attached hydrogen (secondary N) is 1. The molecule has 3 heteroatoms. The fourth-order valence-corrected chi connectivity index (χ4v) is 2.92. The summed E-state index contributed by atoms with van der Waals surface area (Å²) in [6.45, 7) is 14.5. The predicted octanol–water partition coefficient (Wildman–Crippen LogP) is 3.62. The van der Waals surface area contributed by atoms with Gasteiger partial charge < -0.3 is 10.2 Å². The lowest BCUT2D eigenvalue weighted by atomic mass is 10.0. The first-order chi connectivity index (χ1) is 9.99. The Kier molecular flexibility index (Phi) is 5.63. The van der Waals surface area contributed by atoms with Crippen LogP contribution in [0, 0.1) is 11.8 Å². The molecule has 118 valence electrons. The SMILES string of the molecule is CCCc1cc(CNC(C)C)cc(N2CC(C)C(C)C2)n1. The number of anilines is 1. The second-order valence-electron chi connectivity index (χ2n) is 6.97. The van der Waals surface area contributed by atoms with Gasteiger partial charge in [0.05, 0.1) is 0 Å². The molecule has 1 saturated heterocycles. The molecule has 1 aliphatic heterocycles. The molecule has 2 unspecified atom stereocenters. The van der Waals surface area contributed by atoms with E-state index in [2.05, 4.69) is 57.0 Å². The van der Waals surface area contributed by atoms with Crippen molar-refractivity contribution in [2.24, 2.45) is 11.8 Å². The van der Waals surface area contributed by atoms with Crippen LogP contribution in [0.2, 0.25) is 0 Å². The maximum atomic E-state index is 4.90. The van der Waals surface area contributed by atoms with Crippen LogP contribution < -0.4 is 10.2 Å². The standard InChI is InChI=1S/C18H31N3/c1-6-7-17-8-16(10-19-13(2)3)9-18(20-17)21-11-14(4)15(5)12-21/h8-9,13-15,19H,6-7,10-12H2,1-5H3. The third-order valence-corrected chi connectivity index (χ3v) is 4.46. The molecule has 0 saturated carbocycles. The van der Waals surface area contributed by atoms with Gasteiger partial charge in [-0.1, -0.05) is 41.0 Å². The van der Waals surface area contributed by atoms with E-state index >= 15 is 0 Å². The van der Waals surface area contributed by atoms with Crippen LogP contribution in [0.1, 0.15) is 52.3 Å². The molecule has 0 spiro atoms. The van der Waals surface area contributed by atoms with Crippen molar-refractivity contribution in [1.29, 1.82) is 0 Å². The molecule has 0 bridgehead atoms. The van der Waals surface area contributed by atoms with Crippen LogP contribution in [0.5, 0.6) is 0 Å². The Hall–Kier alpha value is -1.09. The van der Waals surface area contributed by atoms with Gasteiger partial charge in [0.2, 0.25) is 0 Å². The summed E-state index contributed by atoms with van der Waals surface area (Å²) in [6, 6.07) is 5.06. The third kappa shape index (κ3) is 4.44. The molecule has 1 N–H and O–H groups in total. The Morgan fingerprint density at radius 3 is 2.48 bits per heavy atom. The average Bonchev–Trinajstić information content (AvgIpc) is 2.77. The zero-order valence-electron chi connectivity index (χ0n) is 14.3. The number of aromatic nitrogens is 1. The Morgan fingerprint density at radius 1 is 1.24 bits per heavy atom. The largest absolute Gasteiger partial charge is 0.356 e. The van der Waals surface area contributed by atoms with Gasteiger partial charge in [0.1, 0.15) is 5.82 Å².